The molecule has 1 aliphatic rings. The molecule has 0 N–H and O–H groups in total. The predicted molar refractivity (Wildman–Crippen MR) is 68.4 cm³/mol. The molecule has 1 aliphatic heterocycles. The van der Waals surface area contributed by atoms with E-state index in [1.807, 2.05) is 25.1 Å². The molecule has 0 radical (unpaired) electrons. The quantitative estimate of drug-likeness (QED) is 0.743. The highest BCUT2D eigenvalue weighted by atomic mass is 16.5. The Bertz CT molecular complexity index is 472. The summed E-state index contributed by atoms with van der Waals surface area (Å²) in [5, 5.41) is 0. The van der Waals surface area contributed by atoms with Crippen LogP contribution in [0.15, 0.2) is 42.5 Å². The summed E-state index contributed by atoms with van der Waals surface area (Å²) in [6.07, 6.45) is 7.34. The molecule has 1 aromatic rings. The number of hydrogen-bond acceptors (Lipinski definition) is 2. The van der Waals surface area contributed by atoms with Crippen molar-refractivity contribution in [3.05, 3.63) is 53.6 Å². The fraction of sp³-hybridized carbons (Fsp3) is 0.267. The van der Waals surface area contributed by atoms with Crippen molar-refractivity contribution in [1.29, 1.82) is 0 Å². The first-order chi connectivity index (χ1) is 8.16. The Morgan fingerprint density at radius 1 is 1.35 bits per heavy atom. The molecular formula is C15H16O2. The van der Waals surface area contributed by atoms with Crippen LogP contribution in [0.2, 0.25) is 0 Å². The number of carbonyl (C=O) groups excluding carboxylic acids is 1. The first-order valence-corrected chi connectivity index (χ1v) is 5.79. The van der Waals surface area contributed by atoms with E-state index in [0.29, 0.717) is 0 Å². The molecule has 88 valence electrons. The number of esters is 1. The third-order valence-corrected chi connectivity index (χ3v) is 2.96. The molecule has 2 atom stereocenters. The van der Waals surface area contributed by atoms with Crippen LogP contribution in [0.4, 0.5) is 0 Å². The Hall–Kier alpha value is -1.83. The van der Waals surface area contributed by atoms with Crippen LogP contribution in [0.25, 0.3) is 6.08 Å². The van der Waals surface area contributed by atoms with Gasteiger partial charge in [0, 0.05) is 12.0 Å². The van der Waals surface area contributed by atoms with Crippen molar-refractivity contribution in [2.24, 2.45) is 5.92 Å². The molecule has 0 bridgehead atoms. The van der Waals surface area contributed by atoms with Gasteiger partial charge in [-0.15, -0.1) is 0 Å². The Morgan fingerprint density at radius 2 is 2.12 bits per heavy atom. The van der Waals surface area contributed by atoms with Crippen LogP contribution in [-0.2, 0) is 9.53 Å². The van der Waals surface area contributed by atoms with E-state index in [1.54, 1.807) is 0 Å². The van der Waals surface area contributed by atoms with Gasteiger partial charge in [0.15, 0.2) is 0 Å². The molecule has 17 heavy (non-hydrogen) atoms. The molecule has 0 spiro atoms. The summed E-state index contributed by atoms with van der Waals surface area (Å²) in [5.74, 6) is -0.0524. The molecule has 2 heteroatoms. The highest BCUT2D eigenvalue weighted by Crippen LogP contribution is 2.18. The van der Waals surface area contributed by atoms with Crippen molar-refractivity contribution >= 4 is 12.0 Å². The van der Waals surface area contributed by atoms with Gasteiger partial charge in [0.05, 0.1) is 0 Å². The third-order valence-electron chi connectivity index (χ3n) is 2.96. The van der Waals surface area contributed by atoms with Crippen molar-refractivity contribution in [1.82, 2.24) is 0 Å². The van der Waals surface area contributed by atoms with Crippen LogP contribution >= 0.6 is 0 Å². The molecule has 0 saturated heterocycles. The lowest BCUT2D eigenvalue weighted by Gasteiger charge is -2.13. The predicted octanol–water partition coefficient (Wildman–Crippen LogP) is 3.13. The van der Waals surface area contributed by atoms with Gasteiger partial charge in [0.2, 0.25) is 0 Å². The highest BCUT2D eigenvalue weighted by Gasteiger charge is 2.20. The Morgan fingerprint density at radius 3 is 2.76 bits per heavy atom. The molecule has 0 aliphatic carbocycles. The fourth-order valence-corrected chi connectivity index (χ4v) is 1.81. The maximum Gasteiger partial charge on any atom is 0.331 e. The largest absolute Gasteiger partial charge is 0.454 e. The van der Waals surface area contributed by atoms with Crippen LogP contribution in [0, 0.1) is 12.8 Å². The zero-order chi connectivity index (χ0) is 12.3. The van der Waals surface area contributed by atoms with E-state index in [4.69, 9.17) is 4.74 Å². The molecule has 1 aromatic carbocycles. The summed E-state index contributed by atoms with van der Waals surface area (Å²) in [6.45, 7) is 4.13. The van der Waals surface area contributed by atoms with Crippen molar-refractivity contribution in [2.75, 3.05) is 0 Å². The van der Waals surface area contributed by atoms with Crippen molar-refractivity contribution in [3.8, 4) is 0 Å². The number of rotatable bonds is 3. The van der Waals surface area contributed by atoms with Crippen LogP contribution in [-0.4, -0.2) is 12.1 Å². The molecule has 1 heterocycles. The smallest absolute Gasteiger partial charge is 0.331 e. The van der Waals surface area contributed by atoms with Gasteiger partial charge in [-0.05, 0) is 24.1 Å². The van der Waals surface area contributed by atoms with E-state index in [2.05, 4.69) is 31.2 Å². The summed E-state index contributed by atoms with van der Waals surface area (Å²) < 4.78 is 5.14. The van der Waals surface area contributed by atoms with E-state index in [0.717, 1.165) is 0 Å². The molecule has 0 amide bonds. The van der Waals surface area contributed by atoms with Crippen LogP contribution in [0.5, 0.6) is 0 Å². The Labute approximate surface area is 102 Å². The molecule has 0 saturated carbocycles. The van der Waals surface area contributed by atoms with E-state index >= 15 is 0 Å². The normalized spacial score (nSPS) is 20.8. The minimum atomic E-state index is -0.244. The lowest BCUT2D eigenvalue weighted by Crippen LogP contribution is -2.15. The lowest BCUT2D eigenvalue weighted by molar-refractivity contribution is -0.139. The highest BCUT2D eigenvalue weighted by molar-refractivity contribution is 5.84. The summed E-state index contributed by atoms with van der Waals surface area (Å²) >= 11 is 0. The zero-order valence-electron chi connectivity index (χ0n) is 10.1. The minimum absolute atomic E-state index is 0.122. The van der Waals surface area contributed by atoms with Crippen LogP contribution in [0.3, 0.4) is 0 Å². The lowest BCUT2D eigenvalue weighted by atomic mass is 10.0. The second-order valence-electron chi connectivity index (χ2n) is 4.34. The molecule has 2 rings (SSSR count). The van der Waals surface area contributed by atoms with Gasteiger partial charge in [0.25, 0.3) is 0 Å². The van der Waals surface area contributed by atoms with Gasteiger partial charge in [-0.2, -0.15) is 0 Å². The van der Waals surface area contributed by atoms with Crippen molar-refractivity contribution < 1.29 is 9.53 Å². The van der Waals surface area contributed by atoms with E-state index in [1.165, 1.54) is 17.2 Å². The SMILES string of the molecule is Cc1ccccc1/C=C/[C@@H](C)[C@H]1C=CC(=O)O1. The Kier molecular flexibility index (Phi) is 3.43. The molecule has 0 unspecified atom stereocenters. The standard InChI is InChI=1S/C15H16O2/c1-11-5-3-4-6-13(11)8-7-12(2)14-9-10-15(16)17-14/h3-10,12,14H,1-2H3/b8-7+/t12-,14-/m1/s1. The number of hydrogen-bond donors (Lipinski definition) is 0. The average molecular weight is 228 g/mol. The van der Waals surface area contributed by atoms with E-state index in [-0.39, 0.29) is 18.0 Å². The monoisotopic (exact) mass is 228 g/mol. The second-order valence-corrected chi connectivity index (χ2v) is 4.34. The first kappa shape index (κ1) is 11.6. The summed E-state index contributed by atoms with van der Waals surface area (Å²) in [5.41, 5.74) is 2.45. The average Bonchev–Trinajstić information content (AvgIpc) is 2.74. The number of ether oxygens (including phenoxy) is 1. The number of cyclic esters (lactones) is 1. The number of benzene rings is 1. The van der Waals surface area contributed by atoms with Gasteiger partial charge in [-0.1, -0.05) is 43.3 Å². The third kappa shape index (κ3) is 2.84. The second kappa shape index (κ2) is 5.00. The molecular weight excluding hydrogens is 212 g/mol. The van der Waals surface area contributed by atoms with Gasteiger partial charge >= 0.3 is 5.97 Å². The maximum absolute atomic E-state index is 11.0. The molecule has 0 aromatic heterocycles. The fourth-order valence-electron chi connectivity index (χ4n) is 1.81. The maximum atomic E-state index is 11.0. The summed E-state index contributed by atoms with van der Waals surface area (Å²) in [4.78, 5) is 11.0. The minimum Gasteiger partial charge on any atom is -0.454 e. The van der Waals surface area contributed by atoms with E-state index < -0.39 is 0 Å². The molecule has 2 nitrogen and oxygen atoms in total. The zero-order valence-corrected chi connectivity index (χ0v) is 10.1. The van der Waals surface area contributed by atoms with E-state index in [9.17, 15) is 4.79 Å². The Balaban J connectivity index is 2.04. The topological polar surface area (TPSA) is 26.3 Å². The molecule has 0 fully saturated rings. The van der Waals surface area contributed by atoms with Gasteiger partial charge in [-0.3, -0.25) is 0 Å². The number of carbonyl (C=O) groups is 1. The van der Waals surface area contributed by atoms with Crippen molar-refractivity contribution in [3.63, 3.8) is 0 Å². The van der Waals surface area contributed by atoms with Gasteiger partial charge < -0.3 is 4.74 Å². The van der Waals surface area contributed by atoms with Gasteiger partial charge in [0.1, 0.15) is 6.10 Å². The van der Waals surface area contributed by atoms with Crippen molar-refractivity contribution in [2.45, 2.75) is 20.0 Å². The van der Waals surface area contributed by atoms with Gasteiger partial charge in [-0.25, -0.2) is 4.79 Å². The summed E-state index contributed by atoms with van der Waals surface area (Å²) in [7, 11) is 0. The van der Waals surface area contributed by atoms with Crippen LogP contribution < -0.4 is 0 Å². The first-order valence-electron chi connectivity index (χ1n) is 5.79. The number of aryl methyl sites for hydroxylation is 1. The van der Waals surface area contributed by atoms with Crippen LogP contribution in [0.1, 0.15) is 18.1 Å². The summed E-state index contributed by atoms with van der Waals surface area (Å²) in [6, 6.07) is 8.21.